The van der Waals surface area contributed by atoms with Gasteiger partial charge in [-0.25, -0.2) is 0 Å². The molecule has 1 heterocycles. The molecule has 30 heavy (non-hydrogen) atoms. The number of halogens is 3. The van der Waals surface area contributed by atoms with E-state index < -0.39 is 17.6 Å². The summed E-state index contributed by atoms with van der Waals surface area (Å²) in [6.07, 6.45) is -2.44. The number of carbonyl (C=O) groups excluding carboxylic acids is 2. The lowest BCUT2D eigenvalue weighted by atomic mass is 9.98. The number of piperidine rings is 1. The van der Waals surface area contributed by atoms with E-state index in [1.807, 2.05) is 4.90 Å². The average molecular weight is 419 g/mol. The van der Waals surface area contributed by atoms with Crippen molar-refractivity contribution < 1.29 is 22.8 Å². The predicted octanol–water partition coefficient (Wildman–Crippen LogP) is 4.63. The van der Waals surface area contributed by atoms with Gasteiger partial charge in [0.25, 0.3) is 5.91 Å². The molecule has 160 valence electrons. The smallest absolute Gasteiger partial charge is 0.376 e. The van der Waals surface area contributed by atoms with Crippen molar-refractivity contribution in [1.29, 1.82) is 0 Å². The molecule has 8 heteroatoms. The largest absolute Gasteiger partial charge is 0.416 e. The second-order valence-electron chi connectivity index (χ2n) is 7.53. The van der Waals surface area contributed by atoms with Crippen LogP contribution in [0.25, 0.3) is 0 Å². The number of hydrogen-bond donors (Lipinski definition) is 2. The number of carbonyl (C=O) groups is 2. The summed E-state index contributed by atoms with van der Waals surface area (Å²) in [5.41, 5.74) is 0.493. The minimum absolute atomic E-state index is 0.0222. The van der Waals surface area contributed by atoms with E-state index in [9.17, 15) is 22.8 Å². The Bertz CT molecular complexity index is 889. The third-order valence-corrected chi connectivity index (χ3v) is 5.13. The van der Waals surface area contributed by atoms with Crippen molar-refractivity contribution in [1.82, 2.24) is 4.90 Å². The summed E-state index contributed by atoms with van der Waals surface area (Å²) in [6.45, 7) is 3.49. The predicted molar refractivity (Wildman–Crippen MR) is 109 cm³/mol. The Labute approximate surface area is 173 Å². The van der Waals surface area contributed by atoms with Gasteiger partial charge in [0.2, 0.25) is 5.91 Å². The fraction of sp³-hybridized carbons (Fsp3) is 0.364. The molecule has 0 aliphatic carbocycles. The van der Waals surface area contributed by atoms with Crippen LogP contribution in [0.4, 0.5) is 24.5 Å². The zero-order valence-electron chi connectivity index (χ0n) is 16.6. The second-order valence-corrected chi connectivity index (χ2v) is 7.53. The standard InChI is InChI=1S/C22H24F3N3O2/c1-15-9-11-28(12-10-15)21(30)16-5-7-18(8-6-16)27-20(29)14-26-19-4-2-3-17(13-19)22(23,24)25/h2-8,13,15,26H,9-12,14H2,1H3,(H,27,29). The van der Waals surface area contributed by atoms with Gasteiger partial charge >= 0.3 is 6.18 Å². The number of nitrogens with zero attached hydrogens (tertiary/aromatic N) is 1. The van der Waals surface area contributed by atoms with Crippen LogP contribution >= 0.6 is 0 Å². The molecule has 0 radical (unpaired) electrons. The highest BCUT2D eigenvalue weighted by atomic mass is 19.4. The van der Waals surface area contributed by atoms with Gasteiger partial charge in [-0.2, -0.15) is 13.2 Å². The van der Waals surface area contributed by atoms with Gasteiger partial charge in [0, 0.05) is 30.0 Å². The number of alkyl halides is 3. The van der Waals surface area contributed by atoms with Crippen LogP contribution < -0.4 is 10.6 Å². The third-order valence-electron chi connectivity index (χ3n) is 5.13. The van der Waals surface area contributed by atoms with E-state index in [1.54, 1.807) is 24.3 Å². The summed E-state index contributed by atoms with van der Waals surface area (Å²) in [7, 11) is 0. The van der Waals surface area contributed by atoms with E-state index in [1.165, 1.54) is 12.1 Å². The monoisotopic (exact) mass is 419 g/mol. The molecule has 5 nitrogen and oxygen atoms in total. The highest BCUT2D eigenvalue weighted by molar-refractivity contribution is 5.96. The number of likely N-dealkylation sites (tertiary alicyclic amines) is 1. The van der Waals surface area contributed by atoms with E-state index in [-0.39, 0.29) is 18.1 Å². The molecular formula is C22H24F3N3O2. The Morgan fingerprint density at radius 3 is 2.33 bits per heavy atom. The lowest BCUT2D eigenvalue weighted by Gasteiger charge is -2.30. The molecule has 1 aliphatic rings. The van der Waals surface area contributed by atoms with Crippen LogP contribution in [-0.4, -0.2) is 36.3 Å². The lowest BCUT2D eigenvalue weighted by molar-refractivity contribution is -0.137. The quantitative estimate of drug-likeness (QED) is 0.743. The van der Waals surface area contributed by atoms with E-state index in [4.69, 9.17) is 0 Å². The van der Waals surface area contributed by atoms with Crippen molar-refractivity contribution in [3.8, 4) is 0 Å². The van der Waals surface area contributed by atoms with Crippen LogP contribution in [0, 0.1) is 5.92 Å². The van der Waals surface area contributed by atoms with E-state index >= 15 is 0 Å². The fourth-order valence-electron chi connectivity index (χ4n) is 3.28. The first-order chi connectivity index (χ1) is 14.2. The first kappa shape index (κ1) is 21.7. The summed E-state index contributed by atoms with van der Waals surface area (Å²) >= 11 is 0. The highest BCUT2D eigenvalue weighted by Crippen LogP contribution is 2.30. The molecule has 0 saturated carbocycles. The van der Waals surface area contributed by atoms with Gasteiger partial charge < -0.3 is 15.5 Å². The third kappa shape index (κ3) is 5.75. The van der Waals surface area contributed by atoms with Gasteiger partial charge in [-0.1, -0.05) is 13.0 Å². The van der Waals surface area contributed by atoms with Crippen LogP contribution in [-0.2, 0) is 11.0 Å². The van der Waals surface area contributed by atoms with Crippen molar-refractivity contribution in [2.45, 2.75) is 25.9 Å². The van der Waals surface area contributed by atoms with Gasteiger partial charge in [-0.05, 0) is 61.2 Å². The molecule has 0 atom stereocenters. The van der Waals surface area contributed by atoms with E-state index in [0.29, 0.717) is 17.2 Å². The Morgan fingerprint density at radius 1 is 1.03 bits per heavy atom. The highest BCUT2D eigenvalue weighted by Gasteiger charge is 2.30. The summed E-state index contributed by atoms with van der Waals surface area (Å²) in [6, 6.07) is 11.3. The SMILES string of the molecule is CC1CCN(C(=O)c2ccc(NC(=O)CNc3cccc(C(F)(F)F)c3)cc2)CC1. The lowest BCUT2D eigenvalue weighted by Crippen LogP contribution is -2.37. The van der Waals surface area contributed by atoms with Crippen LogP contribution in [0.5, 0.6) is 0 Å². The van der Waals surface area contributed by atoms with Crippen LogP contribution in [0.2, 0.25) is 0 Å². The Kier molecular flexibility index (Phi) is 6.64. The molecule has 0 spiro atoms. The molecule has 1 aliphatic heterocycles. The topological polar surface area (TPSA) is 61.4 Å². The number of amides is 2. The van der Waals surface area contributed by atoms with E-state index in [2.05, 4.69) is 17.6 Å². The zero-order chi connectivity index (χ0) is 21.7. The molecule has 0 aromatic heterocycles. The average Bonchev–Trinajstić information content (AvgIpc) is 2.72. The maximum absolute atomic E-state index is 12.7. The van der Waals surface area contributed by atoms with Crippen LogP contribution in [0.15, 0.2) is 48.5 Å². The van der Waals surface area contributed by atoms with Gasteiger partial charge in [0.1, 0.15) is 0 Å². The van der Waals surface area contributed by atoms with Crippen molar-refractivity contribution in [3.63, 3.8) is 0 Å². The molecule has 0 unspecified atom stereocenters. The molecule has 2 aromatic rings. The minimum Gasteiger partial charge on any atom is -0.376 e. The first-order valence-corrected chi connectivity index (χ1v) is 9.82. The van der Waals surface area contributed by atoms with Crippen molar-refractivity contribution in [3.05, 3.63) is 59.7 Å². The number of benzene rings is 2. The van der Waals surface area contributed by atoms with Gasteiger partial charge in [0.05, 0.1) is 12.1 Å². The molecule has 3 rings (SSSR count). The van der Waals surface area contributed by atoms with Gasteiger partial charge in [0.15, 0.2) is 0 Å². The molecular weight excluding hydrogens is 395 g/mol. The normalized spacial score (nSPS) is 15.0. The summed E-state index contributed by atoms with van der Waals surface area (Å²) < 4.78 is 38.2. The Balaban J connectivity index is 1.52. The maximum Gasteiger partial charge on any atom is 0.416 e. The van der Waals surface area contributed by atoms with Gasteiger partial charge in [-0.15, -0.1) is 0 Å². The first-order valence-electron chi connectivity index (χ1n) is 9.82. The molecule has 2 N–H and O–H groups in total. The Hall–Kier alpha value is -3.03. The number of anilines is 2. The minimum atomic E-state index is -4.44. The fourth-order valence-corrected chi connectivity index (χ4v) is 3.28. The Morgan fingerprint density at radius 2 is 1.70 bits per heavy atom. The molecule has 0 bridgehead atoms. The van der Waals surface area contributed by atoms with Gasteiger partial charge in [-0.3, -0.25) is 9.59 Å². The van der Waals surface area contributed by atoms with Crippen LogP contribution in [0.1, 0.15) is 35.7 Å². The summed E-state index contributed by atoms with van der Waals surface area (Å²) in [5, 5.41) is 5.34. The van der Waals surface area contributed by atoms with Crippen molar-refractivity contribution >= 4 is 23.2 Å². The zero-order valence-corrected chi connectivity index (χ0v) is 16.6. The summed E-state index contributed by atoms with van der Waals surface area (Å²) in [5.74, 6) is 0.207. The molecule has 1 fully saturated rings. The van der Waals surface area contributed by atoms with Crippen molar-refractivity contribution in [2.24, 2.45) is 5.92 Å². The van der Waals surface area contributed by atoms with Crippen LogP contribution in [0.3, 0.4) is 0 Å². The number of hydrogen-bond acceptors (Lipinski definition) is 3. The second kappa shape index (κ2) is 9.19. The molecule has 2 aromatic carbocycles. The molecule has 2 amide bonds. The summed E-state index contributed by atoms with van der Waals surface area (Å²) in [4.78, 5) is 26.5. The maximum atomic E-state index is 12.7. The van der Waals surface area contributed by atoms with Crippen molar-refractivity contribution in [2.75, 3.05) is 30.3 Å². The molecule has 1 saturated heterocycles. The van der Waals surface area contributed by atoms with E-state index in [0.717, 1.165) is 38.1 Å². The number of rotatable bonds is 5. The number of nitrogens with one attached hydrogen (secondary N) is 2.